The number of benzene rings is 2. The van der Waals surface area contributed by atoms with Crippen molar-refractivity contribution >= 4 is 21.7 Å². The van der Waals surface area contributed by atoms with E-state index in [1.54, 1.807) is 24.3 Å². The first-order valence-electron chi connectivity index (χ1n) is 9.19. The Morgan fingerprint density at radius 3 is 2.26 bits per heavy atom. The van der Waals surface area contributed by atoms with E-state index in [9.17, 15) is 23.1 Å². The van der Waals surface area contributed by atoms with Gasteiger partial charge in [0, 0.05) is 5.56 Å². The van der Waals surface area contributed by atoms with Gasteiger partial charge in [0.2, 0.25) is 5.75 Å². The van der Waals surface area contributed by atoms with Crippen LogP contribution in [0.5, 0.6) is 5.75 Å². The number of anilines is 1. The second-order valence-electron chi connectivity index (χ2n) is 7.84. The van der Waals surface area contributed by atoms with E-state index in [1.807, 2.05) is 20.8 Å². The second-order valence-corrected chi connectivity index (χ2v) is 9.52. The van der Waals surface area contributed by atoms with Crippen molar-refractivity contribution in [2.75, 3.05) is 4.72 Å². The Bertz CT molecular complexity index is 1310. The van der Waals surface area contributed by atoms with Crippen LogP contribution in [0.25, 0.3) is 11.4 Å². The zero-order valence-corrected chi connectivity index (χ0v) is 17.8. The number of H-pyrrole nitrogens is 1. The zero-order chi connectivity index (χ0) is 23.0. The highest BCUT2D eigenvalue weighted by molar-refractivity contribution is 7.92. The van der Waals surface area contributed by atoms with Crippen molar-refractivity contribution in [3.8, 4) is 17.1 Å². The van der Waals surface area contributed by atoms with Crippen molar-refractivity contribution in [1.82, 2.24) is 9.97 Å². The van der Waals surface area contributed by atoms with Gasteiger partial charge in [-0.2, -0.15) is 0 Å². The van der Waals surface area contributed by atoms with Crippen LogP contribution in [0.3, 0.4) is 0 Å². The van der Waals surface area contributed by atoms with E-state index in [0.29, 0.717) is 0 Å². The average Bonchev–Trinajstić information content (AvgIpc) is 2.69. The first-order chi connectivity index (χ1) is 14.4. The molecule has 0 unspecified atom stereocenters. The predicted octanol–water partition coefficient (Wildman–Crippen LogP) is 2.94. The second kappa shape index (κ2) is 7.88. The van der Waals surface area contributed by atoms with Gasteiger partial charge >= 0.3 is 5.97 Å². The highest BCUT2D eigenvalue weighted by Gasteiger charge is 2.22. The maximum Gasteiger partial charge on any atom is 0.358 e. The predicted molar refractivity (Wildman–Crippen MR) is 115 cm³/mol. The van der Waals surface area contributed by atoms with Crippen LogP contribution in [-0.2, 0) is 15.4 Å². The third-order valence-corrected chi connectivity index (χ3v) is 5.94. The summed E-state index contributed by atoms with van der Waals surface area (Å²) in [5.74, 6) is -2.84. The molecule has 0 saturated carbocycles. The molecule has 0 atom stereocenters. The van der Waals surface area contributed by atoms with Gasteiger partial charge in [-0.3, -0.25) is 9.52 Å². The van der Waals surface area contributed by atoms with Crippen LogP contribution in [0, 0.1) is 0 Å². The summed E-state index contributed by atoms with van der Waals surface area (Å²) in [4.78, 5) is 29.3. The number of hydrogen-bond donors (Lipinski definition) is 4. The monoisotopic (exact) mass is 443 g/mol. The van der Waals surface area contributed by atoms with Crippen molar-refractivity contribution in [3.05, 3.63) is 70.1 Å². The number of nitrogens with zero attached hydrogens (tertiary/aromatic N) is 1. The van der Waals surface area contributed by atoms with Crippen LogP contribution < -0.4 is 10.3 Å². The lowest BCUT2D eigenvalue weighted by atomic mass is 9.87. The highest BCUT2D eigenvalue weighted by atomic mass is 32.2. The van der Waals surface area contributed by atoms with E-state index in [1.165, 1.54) is 24.3 Å². The Morgan fingerprint density at radius 1 is 1.06 bits per heavy atom. The van der Waals surface area contributed by atoms with Crippen LogP contribution >= 0.6 is 0 Å². The summed E-state index contributed by atoms with van der Waals surface area (Å²) in [5, 5.41) is 18.8. The van der Waals surface area contributed by atoms with Gasteiger partial charge in [-0.05, 0) is 35.2 Å². The normalized spacial score (nSPS) is 11.8. The van der Waals surface area contributed by atoms with E-state index >= 15 is 0 Å². The molecule has 162 valence electrons. The molecule has 10 heteroatoms. The quantitative estimate of drug-likeness (QED) is 0.473. The molecule has 1 aromatic heterocycles. The number of aromatic nitrogens is 2. The Hall–Kier alpha value is -3.66. The molecule has 0 aliphatic heterocycles. The number of nitrogens with one attached hydrogen (secondary N) is 2. The van der Waals surface area contributed by atoms with Crippen molar-refractivity contribution in [1.29, 1.82) is 0 Å². The molecule has 9 nitrogen and oxygen atoms in total. The first kappa shape index (κ1) is 22.0. The molecule has 4 N–H and O–H groups in total. The van der Waals surface area contributed by atoms with Gasteiger partial charge in [-0.15, -0.1) is 0 Å². The zero-order valence-electron chi connectivity index (χ0n) is 17.0. The number of sulfonamides is 1. The molecule has 0 saturated heterocycles. The molecule has 2 aromatic carbocycles. The molecule has 0 amide bonds. The minimum Gasteiger partial charge on any atom is -0.501 e. The topological polar surface area (TPSA) is 149 Å². The third kappa shape index (κ3) is 4.58. The number of aromatic carboxylic acids is 1. The molecule has 0 aliphatic carbocycles. The van der Waals surface area contributed by atoms with E-state index < -0.39 is 33.0 Å². The summed E-state index contributed by atoms with van der Waals surface area (Å²) >= 11 is 0. The summed E-state index contributed by atoms with van der Waals surface area (Å²) in [6, 6.07) is 12.5. The van der Waals surface area contributed by atoms with Crippen LogP contribution in [0.2, 0.25) is 0 Å². The lowest BCUT2D eigenvalue weighted by Gasteiger charge is -2.19. The molecule has 0 radical (unpaired) electrons. The van der Waals surface area contributed by atoms with Gasteiger partial charge in [-0.25, -0.2) is 18.2 Å². The minimum atomic E-state index is -3.99. The molecule has 1 heterocycles. The largest absolute Gasteiger partial charge is 0.501 e. The summed E-state index contributed by atoms with van der Waals surface area (Å²) in [6.07, 6.45) is 0. The van der Waals surface area contributed by atoms with Crippen LogP contribution in [0.1, 0.15) is 36.8 Å². The van der Waals surface area contributed by atoms with E-state index in [4.69, 9.17) is 5.11 Å². The Morgan fingerprint density at radius 2 is 1.68 bits per heavy atom. The van der Waals surface area contributed by atoms with Gasteiger partial charge in [0.15, 0.2) is 5.69 Å². The molecule has 3 aromatic rings. The number of aromatic hydroxyl groups is 1. The fourth-order valence-electron chi connectivity index (χ4n) is 2.86. The van der Waals surface area contributed by atoms with Crippen molar-refractivity contribution in [2.24, 2.45) is 0 Å². The van der Waals surface area contributed by atoms with Crippen molar-refractivity contribution in [3.63, 3.8) is 0 Å². The van der Waals surface area contributed by atoms with E-state index in [2.05, 4.69) is 14.7 Å². The molecular formula is C21H21N3O6S. The minimum absolute atomic E-state index is 0.0358. The smallest absolute Gasteiger partial charge is 0.358 e. The molecule has 3 rings (SSSR count). The van der Waals surface area contributed by atoms with Crippen molar-refractivity contribution < 1.29 is 23.4 Å². The van der Waals surface area contributed by atoms with Gasteiger partial charge < -0.3 is 15.2 Å². The summed E-state index contributed by atoms with van der Waals surface area (Å²) in [7, 11) is -3.99. The van der Waals surface area contributed by atoms with E-state index in [-0.39, 0.29) is 27.4 Å². The van der Waals surface area contributed by atoms with Gasteiger partial charge in [0.1, 0.15) is 5.82 Å². The molecule has 0 spiro atoms. The number of carboxylic acids is 1. The number of rotatable bonds is 5. The van der Waals surface area contributed by atoms with Crippen LogP contribution in [-0.4, -0.2) is 34.6 Å². The summed E-state index contributed by atoms with van der Waals surface area (Å²) < 4.78 is 28.3. The lowest BCUT2D eigenvalue weighted by molar-refractivity contribution is 0.0686. The van der Waals surface area contributed by atoms with Gasteiger partial charge in [-0.1, -0.05) is 45.0 Å². The number of para-hydroxylation sites is 1. The first-order valence-corrected chi connectivity index (χ1v) is 10.7. The van der Waals surface area contributed by atoms with Gasteiger partial charge in [0.25, 0.3) is 15.6 Å². The van der Waals surface area contributed by atoms with E-state index in [0.717, 1.165) is 5.56 Å². The summed E-state index contributed by atoms with van der Waals surface area (Å²) in [6.45, 7) is 6.05. The SMILES string of the molecule is CC(C)(C)c1ccc(S(=O)(=O)Nc2ccccc2-c2nc(C(=O)O)c(O)c(=O)[nH]2)cc1. The van der Waals surface area contributed by atoms with Crippen molar-refractivity contribution in [2.45, 2.75) is 31.1 Å². The maximum absolute atomic E-state index is 12.9. The fourth-order valence-corrected chi connectivity index (χ4v) is 3.94. The number of aromatic amines is 1. The highest BCUT2D eigenvalue weighted by Crippen LogP contribution is 2.29. The average molecular weight is 443 g/mol. The maximum atomic E-state index is 12.9. The lowest BCUT2D eigenvalue weighted by Crippen LogP contribution is -2.17. The third-order valence-electron chi connectivity index (χ3n) is 4.55. The molecule has 0 aliphatic rings. The standard InChI is InChI=1S/C21H21N3O6S/c1-21(2,3)12-8-10-13(11-9-12)31(29,30)24-15-7-5-4-6-14(15)18-22-16(20(27)28)17(25)19(26)23-18/h4-11,24-25H,1-3H3,(H,27,28)(H,22,23,26). The number of hydrogen-bond acceptors (Lipinski definition) is 6. The molecule has 0 fully saturated rings. The fraction of sp³-hybridized carbons (Fsp3) is 0.190. The molecule has 0 bridgehead atoms. The Kier molecular flexibility index (Phi) is 5.60. The number of carbonyl (C=O) groups is 1. The Balaban J connectivity index is 2.04. The Labute approximate surface area is 178 Å². The number of carboxylic acid groups (broad SMARTS) is 1. The van der Waals surface area contributed by atoms with Crippen LogP contribution in [0.4, 0.5) is 5.69 Å². The van der Waals surface area contributed by atoms with Gasteiger partial charge in [0.05, 0.1) is 10.6 Å². The molecule has 31 heavy (non-hydrogen) atoms. The van der Waals surface area contributed by atoms with Crippen LogP contribution in [0.15, 0.2) is 58.2 Å². The summed E-state index contributed by atoms with van der Waals surface area (Å²) in [5.41, 5.74) is -0.851. The molecular weight excluding hydrogens is 422 g/mol.